The number of rotatable bonds is 6. The van der Waals surface area contributed by atoms with Crippen molar-refractivity contribution in [1.82, 2.24) is 10.2 Å². The molecule has 25 heavy (non-hydrogen) atoms. The Morgan fingerprint density at radius 2 is 1.92 bits per heavy atom. The predicted octanol–water partition coefficient (Wildman–Crippen LogP) is 3.54. The average Bonchev–Trinajstić information content (AvgIpc) is 2.93. The lowest BCUT2D eigenvalue weighted by Crippen LogP contribution is -2.39. The Morgan fingerprint density at radius 1 is 1.20 bits per heavy atom. The molecule has 4 heteroatoms. The molecule has 3 rings (SSSR count). The monoisotopic (exact) mass is 344 g/mol. The highest BCUT2D eigenvalue weighted by Crippen LogP contribution is 2.33. The normalized spacial score (nSPS) is 25.6. The lowest BCUT2D eigenvalue weighted by Gasteiger charge is -2.24. The molecule has 1 aromatic rings. The van der Waals surface area contributed by atoms with Crippen LogP contribution in [0.1, 0.15) is 57.1 Å². The molecule has 0 radical (unpaired) electrons. The Balaban J connectivity index is 1.45. The van der Waals surface area contributed by atoms with E-state index in [1.807, 2.05) is 6.07 Å². The van der Waals surface area contributed by atoms with Gasteiger partial charge in [0.15, 0.2) is 0 Å². The summed E-state index contributed by atoms with van der Waals surface area (Å²) in [6.07, 6.45) is 6.71. The Labute approximate surface area is 151 Å². The van der Waals surface area contributed by atoms with E-state index >= 15 is 0 Å². The van der Waals surface area contributed by atoms with Gasteiger partial charge in [0.25, 0.3) is 0 Å². The molecule has 0 bridgehead atoms. The number of amides is 1. The summed E-state index contributed by atoms with van der Waals surface area (Å²) < 4.78 is 5.96. The highest BCUT2D eigenvalue weighted by atomic mass is 16.5. The van der Waals surface area contributed by atoms with Gasteiger partial charge in [-0.1, -0.05) is 43.2 Å². The average molecular weight is 344 g/mol. The quantitative estimate of drug-likeness (QED) is 0.858. The lowest BCUT2D eigenvalue weighted by molar-refractivity contribution is -0.131. The molecule has 2 fully saturated rings. The maximum atomic E-state index is 12.5. The Kier molecular flexibility index (Phi) is 6.88. The molecule has 1 N–H and O–H groups in total. The Morgan fingerprint density at radius 3 is 2.64 bits per heavy atom. The summed E-state index contributed by atoms with van der Waals surface area (Å²) in [6, 6.07) is 10.7. The number of likely N-dealkylation sites (tertiary alicyclic amines) is 1. The molecule has 0 aliphatic carbocycles. The predicted molar refractivity (Wildman–Crippen MR) is 100 cm³/mol. The fourth-order valence-electron chi connectivity index (χ4n) is 3.99. The van der Waals surface area contributed by atoms with Crippen LogP contribution in [0, 0.1) is 5.92 Å². The summed E-state index contributed by atoms with van der Waals surface area (Å²) >= 11 is 0. The van der Waals surface area contributed by atoms with Crippen molar-refractivity contribution in [2.45, 2.75) is 57.6 Å². The minimum absolute atomic E-state index is 0.183. The van der Waals surface area contributed by atoms with Crippen LogP contribution in [0.25, 0.3) is 0 Å². The van der Waals surface area contributed by atoms with Gasteiger partial charge in [-0.25, -0.2) is 0 Å². The van der Waals surface area contributed by atoms with Crippen LogP contribution in [0.5, 0.6) is 0 Å². The lowest BCUT2D eigenvalue weighted by atomic mass is 9.95. The van der Waals surface area contributed by atoms with Gasteiger partial charge < -0.3 is 15.0 Å². The maximum Gasteiger partial charge on any atom is 0.224 e. The van der Waals surface area contributed by atoms with Gasteiger partial charge >= 0.3 is 0 Å². The van der Waals surface area contributed by atoms with Crippen LogP contribution in [-0.2, 0) is 9.53 Å². The van der Waals surface area contributed by atoms with Crippen molar-refractivity contribution in [3.05, 3.63) is 35.9 Å². The number of nitrogens with one attached hydrogen (secondary N) is 1. The summed E-state index contributed by atoms with van der Waals surface area (Å²) in [5, 5.41) is 3.58. The molecule has 1 amide bonds. The van der Waals surface area contributed by atoms with E-state index in [0.29, 0.717) is 18.2 Å². The van der Waals surface area contributed by atoms with Gasteiger partial charge in [-0.2, -0.15) is 0 Å². The van der Waals surface area contributed by atoms with Crippen LogP contribution in [-0.4, -0.2) is 43.1 Å². The van der Waals surface area contributed by atoms with Gasteiger partial charge in [-0.05, 0) is 31.7 Å². The minimum Gasteiger partial charge on any atom is -0.373 e. The first-order valence-electron chi connectivity index (χ1n) is 9.92. The van der Waals surface area contributed by atoms with Crippen molar-refractivity contribution >= 4 is 5.91 Å². The molecule has 2 aliphatic heterocycles. The van der Waals surface area contributed by atoms with Crippen molar-refractivity contribution in [3.8, 4) is 0 Å². The summed E-state index contributed by atoms with van der Waals surface area (Å²) in [4.78, 5) is 14.6. The van der Waals surface area contributed by atoms with E-state index in [4.69, 9.17) is 4.74 Å². The van der Waals surface area contributed by atoms with Gasteiger partial charge in [0, 0.05) is 44.6 Å². The van der Waals surface area contributed by atoms with Gasteiger partial charge in [-0.15, -0.1) is 0 Å². The number of nitrogens with zero attached hydrogens (tertiary/aromatic N) is 1. The fraction of sp³-hybridized carbons (Fsp3) is 0.667. The molecular formula is C21H32N2O2. The molecule has 0 aromatic heterocycles. The number of benzene rings is 1. The van der Waals surface area contributed by atoms with Crippen molar-refractivity contribution in [2.24, 2.45) is 5.92 Å². The molecule has 2 saturated heterocycles. The van der Waals surface area contributed by atoms with E-state index in [2.05, 4.69) is 41.4 Å². The third-order valence-corrected chi connectivity index (χ3v) is 5.51. The maximum absolute atomic E-state index is 12.5. The third kappa shape index (κ3) is 5.29. The molecule has 1 aromatic carbocycles. The first-order valence-corrected chi connectivity index (χ1v) is 9.92. The van der Waals surface area contributed by atoms with E-state index in [9.17, 15) is 4.79 Å². The van der Waals surface area contributed by atoms with E-state index < -0.39 is 0 Å². The van der Waals surface area contributed by atoms with E-state index in [0.717, 1.165) is 45.5 Å². The molecule has 138 valence electrons. The van der Waals surface area contributed by atoms with Crippen molar-refractivity contribution in [1.29, 1.82) is 0 Å². The van der Waals surface area contributed by atoms with Gasteiger partial charge in [0.1, 0.15) is 0 Å². The number of hydrogen-bond acceptors (Lipinski definition) is 3. The molecule has 0 spiro atoms. The summed E-state index contributed by atoms with van der Waals surface area (Å²) in [5.74, 6) is 0.794. The van der Waals surface area contributed by atoms with Crippen molar-refractivity contribution in [2.75, 3.05) is 26.2 Å². The number of hydrogen-bond donors (Lipinski definition) is 1. The molecule has 0 saturated carbocycles. The number of ether oxygens (including phenoxy) is 1. The summed E-state index contributed by atoms with van der Waals surface area (Å²) in [6.45, 7) is 5.75. The SMILES string of the molecule is CC(CC(=O)N1CCCCCC1)NC[C@H]1CCO[C@@H]1c1ccccc1. The van der Waals surface area contributed by atoms with Gasteiger partial charge in [0.2, 0.25) is 5.91 Å². The first-order chi connectivity index (χ1) is 12.2. The molecule has 4 nitrogen and oxygen atoms in total. The Hall–Kier alpha value is -1.39. The smallest absolute Gasteiger partial charge is 0.224 e. The topological polar surface area (TPSA) is 41.6 Å². The first kappa shape index (κ1) is 18.4. The molecule has 2 aliphatic rings. The van der Waals surface area contributed by atoms with Crippen LogP contribution >= 0.6 is 0 Å². The largest absolute Gasteiger partial charge is 0.373 e. The molecule has 3 atom stereocenters. The highest BCUT2D eigenvalue weighted by molar-refractivity contribution is 5.76. The van der Waals surface area contributed by atoms with Gasteiger partial charge in [-0.3, -0.25) is 4.79 Å². The zero-order valence-corrected chi connectivity index (χ0v) is 15.5. The zero-order chi connectivity index (χ0) is 17.5. The van der Waals surface area contributed by atoms with Crippen LogP contribution in [0.2, 0.25) is 0 Å². The molecule has 1 unspecified atom stereocenters. The second-order valence-corrected chi connectivity index (χ2v) is 7.56. The fourth-order valence-corrected chi connectivity index (χ4v) is 3.99. The summed E-state index contributed by atoms with van der Waals surface area (Å²) in [7, 11) is 0. The second-order valence-electron chi connectivity index (χ2n) is 7.56. The van der Waals surface area contributed by atoms with Crippen molar-refractivity contribution in [3.63, 3.8) is 0 Å². The van der Waals surface area contributed by atoms with E-state index in [1.165, 1.54) is 18.4 Å². The molecular weight excluding hydrogens is 312 g/mol. The van der Waals surface area contributed by atoms with Gasteiger partial charge in [0.05, 0.1) is 6.10 Å². The second kappa shape index (κ2) is 9.35. The standard InChI is InChI=1S/C21H32N2O2/c1-17(15-20(24)23-12-7-2-3-8-13-23)22-16-19-11-14-25-21(19)18-9-5-4-6-10-18/h4-6,9-10,17,19,21-22H,2-3,7-8,11-16H2,1H3/t17?,19-,21-/m1/s1. The van der Waals surface area contributed by atoms with E-state index in [1.54, 1.807) is 0 Å². The minimum atomic E-state index is 0.183. The van der Waals surface area contributed by atoms with E-state index in [-0.39, 0.29) is 12.1 Å². The van der Waals surface area contributed by atoms with Crippen molar-refractivity contribution < 1.29 is 9.53 Å². The number of carbonyl (C=O) groups excluding carboxylic acids is 1. The number of carbonyl (C=O) groups is 1. The van der Waals surface area contributed by atoms with Crippen LogP contribution in [0.3, 0.4) is 0 Å². The third-order valence-electron chi connectivity index (χ3n) is 5.51. The molecule has 2 heterocycles. The van der Waals surface area contributed by atoms with Crippen LogP contribution in [0.4, 0.5) is 0 Å². The Bertz CT molecular complexity index is 526. The van der Waals surface area contributed by atoms with Crippen LogP contribution in [0.15, 0.2) is 30.3 Å². The highest BCUT2D eigenvalue weighted by Gasteiger charge is 2.29. The zero-order valence-electron chi connectivity index (χ0n) is 15.5. The summed E-state index contributed by atoms with van der Waals surface area (Å²) in [5.41, 5.74) is 1.26. The van der Waals surface area contributed by atoms with Crippen LogP contribution < -0.4 is 5.32 Å².